The van der Waals surface area contributed by atoms with Crippen molar-refractivity contribution in [1.29, 1.82) is 0 Å². The highest BCUT2D eigenvalue weighted by Gasteiger charge is 2.45. The average molecular weight is 366 g/mol. The van der Waals surface area contributed by atoms with Gasteiger partial charge in [-0.05, 0) is 6.07 Å². The molecule has 2 aliphatic heterocycles. The first-order valence-electron chi connectivity index (χ1n) is 8.94. The van der Waals surface area contributed by atoms with Crippen LogP contribution in [-0.4, -0.2) is 75.9 Å². The van der Waals surface area contributed by atoms with E-state index in [9.17, 15) is 9.18 Å². The van der Waals surface area contributed by atoms with Crippen LogP contribution in [0.5, 0.6) is 5.75 Å². The second-order valence-electron chi connectivity index (χ2n) is 7.21. The topological polar surface area (TPSA) is 51.2 Å². The molecule has 2 fully saturated rings. The first-order valence-corrected chi connectivity index (χ1v) is 8.94. The van der Waals surface area contributed by atoms with E-state index in [1.807, 2.05) is 4.90 Å². The molecule has 0 radical (unpaired) electrons. The van der Waals surface area contributed by atoms with E-state index < -0.39 is 0 Å². The van der Waals surface area contributed by atoms with E-state index in [1.165, 1.54) is 13.2 Å². The minimum Gasteiger partial charge on any atom is -0.497 e. The lowest BCUT2D eigenvalue weighted by molar-refractivity contribution is -0.128. The predicted molar refractivity (Wildman–Crippen MR) is 94.6 cm³/mol. The highest BCUT2D eigenvalue weighted by Crippen LogP contribution is 2.34. The number of carbonyl (C=O) groups excluding carboxylic acids is 1. The van der Waals surface area contributed by atoms with E-state index in [4.69, 9.17) is 14.2 Å². The van der Waals surface area contributed by atoms with Crippen molar-refractivity contribution in [1.82, 2.24) is 9.80 Å². The van der Waals surface area contributed by atoms with Gasteiger partial charge in [0, 0.05) is 63.3 Å². The number of amides is 1. The lowest BCUT2D eigenvalue weighted by Gasteiger charge is -2.31. The lowest BCUT2D eigenvalue weighted by Crippen LogP contribution is -2.41. The number of likely N-dealkylation sites (tertiary alicyclic amines) is 1. The van der Waals surface area contributed by atoms with Gasteiger partial charge >= 0.3 is 0 Å². The highest BCUT2D eigenvalue weighted by molar-refractivity contribution is 5.79. The van der Waals surface area contributed by atoms with Crippen molar-refractivity contribution < 1.29 is 23.4 Å². The molecule has 2 saturated heterocycles. The Morgan fingerprint density at radius 3 is 2.88 bits per heavy atom. The first-order chi connectivity index (χ1) is 12.5. The molecule has 1 spiro atoms. The standard InChI is InChI=1S/C19H27FN2O4/c1-24-7-6-22-13-19(10-18(22)23)12-21(5-8-26-14-19)11-15-3-4-16(25-2)9-17(15)20/h3-4,9H,5-8,10-14H2,1-2H3/t19-/m1/s1. The smallest absolute Gasteiger partial charge is 0.223 e. The molecule has 0 unspecified atom stereocenters. The zero-order valence-electron chi connectivity index (χ0n) is 15.5. The Kier molecular flexibility index (Phi) is 6.11. The molecule has 7 heteroatoms. The summed E-state index contributed by atoms with van der Waals surface area (Å²) in [7, 11) is 3.16. The molecule has 2 heterocycles. The summed E-state index contributed by atoms with van der Waals surface area (Å²) in [5.74, 6) is 0.382. The molecule has 1 aromatic carbocycles. The Balaban J connectivity index is 1.69. The molecule has 1 amide bonds. The SMILES string of the molecule is COCCN1C[C@@]2(COCCN(Cc3ccc(OC)cc3F)C2)CC1=O. The average Bonchev–Trinajstić information content (AvgIpc) is 2.80. The number of hydrogen-bond acceptors (Lipinski definition) is 5. The molecule has 0 aromatic heterocycles. The van der Waals surface area contributed by atoms with Crippen molar-refractivity contribution in [3.8, 4) is 5.75 Å². The fraction of sp³-hybridized carbons (Fsp3) is 0.632. The molecule has 3 rings (SSSR count). The van der Waals surface area contributed by atoms with Crippen LogP contribution in [0.2, 0.25) is 0 Å². The molecule has 0 saturated carbocycles. The quantitative estimate of drug-likeness (QED) is 0.764. The molecule has 6 nitrogen and oxygen atoms in total. The summed E-state index contributed by atoms with van der Waals surface area (Å²) in [6, 6.07) is 4.94. The summed E-state index contributed by atoms with van der Waals surface area (Å²) < 4.78 is 30.3. The Labute approximate surface area is 153 Å². The number of carbonyl (C=O) groups is 1. The van der Waals surface area contributed by atoms with Crippen LogP contribution in [0, 0.1) is 11.2 Å². The predicted octanol–water partition coefficient (Wildman–Crippen LogP) is 1.53. The zero-order valence-corrected chi connectivity index (χ0v) is 15.5. The largest absolute Gasteiger partial charge is 0.497 e. The van der Waals surface area contributed by atoms with Crippen LogP contribution in [0.1, 0.15) is 12.0 Å². The van der Waals surface area contributed by atoms with Gasteiger partial charge in [0.15, 0.2) is 0 Å². The maximum absolute atomic E-state index is 14.3. The van der Waals surface area contributed by atoms with E-state index >= 15 is 0 Å². The van der Waals surface area contributed by atoms with Crippen molar-refractivity contribution in [2.24, 2.45) is 5.41 Å². The minimum absolute atomic E-state index is 0.142. The van der Waals surface area contributed by atoms with Gasteiger partial charge in [0.1, 0.15) is 11.6 Å². The normalized spacial score (nSPS) is 24.3. The number of methoxy groups -OCH3 is 2. The van der Waals surface area contributed by atoms with E-state index in [1.54, 1.807) is 19.2 Å². The van der Waals surface area contributed by atoms with Crippen LogP contribution in [0.3, 0.4) is 0 Å². The number of ether oxygens (including phenoxy) is 3. The summed E-state index contributed by atoms with van der Waals surface area (Å²) in [4.78, 5) is 16.4. The molecular formula is C19H27FN2O4. The summed E-state index contributed by atoms with van der Waals surface area (Å²) in [5, 5.41) is 0. The molecular weight excluding hydrogens is 339 g/mol. The van der Waals surface area contributed by atoms with Gasteiger partial charge < -0.3 is 19.1 Å². The number of rotatable bonds is 6. The van der Waals surface area contributed by atoms with Gasteiger partial charge in [-0.3, -0.25) is 9.69 Å². The maximum Gasteiger partial charge on any atom is 0.223 e. The first kappa shape index (κ1) is 19.1. The second kappa shape index (κ2) is 8.33. The van der Waals surface area contributed by atoms with E-state index in [0.717, 1.165) is 6.54 Å². The van der Waals surface area contributed by atoms with Gasteiger partial charge in [0.05, 0.1) is 26.9 Å². The molecule has 0 aliphatic carbocycles. The third-order valence-corrected chi connectivity index (χ3v) is 5.14. The van der Waals surface area contributed by atoms with E-state index in [-0.39, 0.29) is 17.1 Å². The molecule has 0 N–H and O–H groups in total. The highest BCUT2D eigenvalue weighted by atomic mass is 19.1. The van der Waals surface area contributed by atoms with Crippen molar-refractivity contribution >= 4 is 5.91 Å². The van der Waals surface area contributed by atoms with Gasteiger partial charge in [0.25, 0.3) is 0 Å². The Hall–Kier alpha value is -1.70. The van der Waals surface area contributed by atoms with Gasteiger partial charge in [-0.25, -0.2) is 4.39 Å². The van der Waals surface area contributed by atoms with Crippen molar-refractivity contribution in [3.05, 3.63) is 29.6 Å². The van der Waals surface area contributed by atoms with Crippen molar-refractivity contribution in [2.75, 3.05) is 60.2 Å². The van der Waals surface area contributed by atoms with Crippen molar-refractivity contribution in [3.63, 3.8) is 0 Å². The van der Waals surface area contributed by atoms with Gasteiger partial charge in [-0.1, -0.05) is 6.07 Å². The summed E-state index contributed by atoms with van der Waals surface area (Å²) in [6.07, 6.45) is 0.471. The van der Waals surface area contributed by atoms with Crippen LogP contribution in [0.15, 0.2) is 18.2 Å². The monoisotopic (exact) mass is 366 g/mol. The van der Waals surface area contributed by atoms with Crippen LogP contribution in [0.4, 0.5) is 4.39 Å². The molecule has 144 valence electrons. The fourth-order valence-electron chi connectivity index (χ4n) is 3.83. The molecule has 0 bridgehead atoms. The van der Waals surface area contributed by atoms with E-state index in [2.05, 4.69) is 4.90 Å². The van der Waals surface area contributed by atoms with Gasteiger partial charge in [-0.2, -0.15) is 0 Å². The Morgan fingerprint density at radius 1 is 1.31 bits per heavy atom. The lowest BCUT2D eigenvalue weighted by atomic mass is 9.87. The maximum atomic E-state index is 14.3. The van der Waals surface area contributed by atoms with Crippen LogP contribution in [-0.2, 0) is 20.8 Å². The van der Waals surface area contributed by atoms with E-state index in [0.29, 0.717) is 63.7 Å². The molecule has 1 aromatic rings. The van der Waals surface area contributed by atoms with Crippen LogP contribution >= 0.6 is 0 Å². The summed E-state index contributed by atoms with van der Waals surface area (Å²) >= 11 is 0. The third-order valence-electron chi connectivity index (χ3n) is 5.14. The fourth-order valence-corrected chi connectivity index (χ4v) is 3.83. The Morgan fingerprint density at radius 2 is 2.15 bits per heavy atom. The summed E-state index contributed by atoms with van der Waals surface area (Å²) in [6.45, 7) is 4.88. The second-order valence-corrected chi connectivity index (χ2v) is 7.21. The third kappa shape index (κ3) is 4.34. The number of halogens is 1. The van der Waals surface area contributed by atoms with Crippen LogP contribution < -0.4 is 4.74 Å². The number of hydrogen-bond donors (Lipinski definition) is 0. The number of nitrogens with zero attached hydrogens (tertiary/aromatic N) is 2. The van der Waals surface area contributed by atoms with Gasteiger partial charge in [0.2, 0.25) is 5.91 Å². The molecule has 2 aliphatic rings. The van der Waals surface area contributed by atoms with Gasteiger partial charge in [-0.15, -0.1) is 0 Å². The molecule has 1 atom stereocenters. The number of benzene rings is 1. The Bertz CT molecular complexity index is 642. The summed E-state index contributed by atoms with van der Waals surface area (Å²) in [5.41, 5.74) is 0.396. The van der Waals surface area contributed by atoms with Crippen molar-refractivity contribution in [2.45, 2.75) is 13.0 Å². The molecule has 26 heavy (non-hydrogen) atoms. The van der Waals surface area contributed by atoms with Crippen LogP contribution in [0.25, 0.3) is 0 Å². The minimum atomic E-state index is -0.271. The zero-order chi connectivity index (χ0) is 18.6.